The second-order valence-corrected chi connectivity index (χ2v) is 3.79. The topological polar surface area (TPSA) is 57.4 Å². The summed E-state index contributed by atoms with van der Waals surface area (Å²) in [5, 5.41) is 10.7. The molecule has 1 N–H and O–H groups in total. The van der Waals surface area contributed by atoms with Gasteiger partial charge in [-0.05, 0) is 12.1 Å². The van der Waals surface area contributed by atoms with Crippen molar-refractivity contribution in [2.45, 2.75) is 0 Å². The molecule has 0 aliphatic carbocycles. The van der Waals surface area contributed by atoms with E-state index in [9.17, 15) is 13.2 Å². The maximum atomic E-state index is 13.5. The fraction of sp³-hybridized carbons (Fsp3) is 0. The Kier molecular flexibility index (Phi) is 4.41. The lowest BCUT2D eigenvalue weighted by Crippen LogP contribution is -2.24. The third kappa shape index (κ3) is 3.73. The van der Waals surface area contributed by atoms with Crippen LogP contribution in [0.25, 0.3) is 0 Å². The Labute approximate surface area is 118 Å². The average Bonchev–Trinajstić information content (AvgIpc) is 2.44. The van der Waals surface area contributed by atoms with Crippen LogP contribution in [0.3, 0.4) is 0 Å². The summed E-state index contributed by atoms with van der Waals surface area (Å²) in [5.41, 5.74) is -0.759. The van der Waals surface area contributed by atoms with Crippen molar-refractivity contribution in [3.05, 3.63) is 59.9 Å². The molecular weight excluding hydrogens is 283 g/mol. The van der Waals surface area contributed by atoms with Crippen LogP contribution in [0.4, 0.5) is 18.9 Å². The van der Waals surface area contributed by atoms with Gasteiger partial charge in [-0.2, -0.15) is 10.3 Å². The van der Waals surface area contributed by atoms with Gasteiger partial charge in [0.2, 0.25) is 0 Å². The van der Waals surface area contributed by atoms with Crippen molar-refractivity contribution in [2.24, 2.45) is 4.99 Å². The summed E-state index contributed by atoms with van der Waals surface area (Å²) < 4.78 is 45.0. The number of nitrogens with zero attached hydrogens (tertiary/aromatic N) is 2. The number of rotatable bonds is 2. The molecule has 106 valence electrons. The number of benzene rings is 2. The molecule has 0 amide bonds. The molecule has 0 unspecified atom stereocenters. The highest BCUT2D eigenvalue weighted by Gasteiger charge is 2.13. The molecule has 0 radical (unpaired) electrons. The predicted octanol–water partition coefficient (Wildman–Crippen LogP) is 3.24. The highest BCUT2D eigenvalue weighted by atomic mass is 19.1. The molecule has 0 saturated carbocycles. The van der Waals surface area contributed by atoms with Gasteiger partial charge in [0.15, 0.2) is 17.8 Å². The van der Waals surface area contributed by atoms with E-state index < -0.39 is 29.2 Å². The Morgan fingerprint density at radius 3 is 2.29 bits per heavy atom. The van der Waals surface area contributed by atoms with E-state index in [4.69, 9.17) is 10.00 Å². The van der Waals surface area contributed by atoms with E-state index >= 15 is 0 Å². The van der Waals surface area contributed by atoms with Gasteiger partial charge in [0, 0.05) is 12.1 Å². The Morgan fingerprint density at radius 1 is 1.10 bits per heavy atom. The van der Waals surface area contributed by atoms with E-state index in [1.165, 1.54) is 6.19 Å². The number of ether oxygens (including phenoxy) is 1. The largest absolute Gasteiger partial charge is 0.425 e. The lowest BCUT2D eigenvalue weighted by molar-refractivity contribution is 0.522. The Hall–Kier alpha value is -3.01. The summed E-state index contributed by atoms with van der Waals surface area (Å²) in [6.07, 6.45) is 1.53. The van der Waals surface area contributed by atoms with Gasteiger partial charge in [0.1, 0.15) is 17.3 Å². The van der Waals surface area contributed by atoms with E-state index in [1.54, 1.807) is 30.3 Å². The van der Waals surface area contributed by atoms with E-state index in [0.29, 0.717) is 17.9 Å². The maximum Gasteiger partial charge on any atom is 0.309 e. The molecule has 21 heavy (non-hydrogen) atoms. The summed E-state index contributed by atoms with van der Waals surface area (Å²) in [4.78, 5) is 3.53. The number of halogens is 3. The lowest BCUT2D eigenvalue weighted by atomic mass is 10.3. The van der Waals surface area contributed by atoms with Gasteiger partial charge in [-0.3, -0.25) is 0 Å². The first-order valence-corrected chi connectivity index (χ1v) is 5.71. The summed E-state index contributed by atoms with van der Waals surface area (Å²) in [6.45, 7) is 0. The second-order valence-electron chi connectivity index (χ2n) is 3.79. The van der Waals surface area contributed by atoms with Gasteiger partial charge in [-0.15, -0.1) is 0 Å². The van der Waals surface area contributed by atoms with Gasteiger partial charge in [-0.25, -0.2) is 18.5 Å². The molecule has 2 rings (SSSR count). The molecular formula is C14H8F3N3O. The smallest absolute Gasteiger partial charge is 0.309 e. The third-order valence-electron chi connectivity index (χ3n) is 2.32. The summed E-state index contributed by atoms with van der Waals surface area (Å²) in [7, 11) is 0. The standard InChI is InChI=1S/C14H8F3N3O/c15-9-6-11(16)13(12(17)7-9)20-14(19-8-18)21-10-4-2-1-3-5-10/h1-7H,(H,19,20). The minimum Gasteiger partial charge on any atom is -0.425 e. The Balaban J connectivity index is 2.36. The SMILES string of the molecule is N#CNC(=Nc1c(F)cc(F)cc1F)Oc1ccccc1. The zero-order valence-electron chi connectivity index (χ0n) is 10.5. The number of para-hydroxylation sites is 1. The van der Waals surface area contributed by atoms with Gasteiger partial charge < -0.3 is 4.74 Å². The van der Waals surface area contributed by atoms with Gasteiger partial charge >= 0.3 is 6.02 Å². The molecule has 0 bridgehead atoms. The minimum atomic E-state index is -1.21. The van der Waals surface area contributed by atoms with Crippen LogP contribution in [0.5, 0.6) is 5.75 Å². The summed E-state index contributed by atoms with van der Waals surface area (Å²) >= 11 is 0. The quantitative estimate of drug-likeness (QED) is 0.400. The normalized spacial score (nSPS) is 10.9. The minimum absolute atomic E-state index is 0.307. The van der Waals surface area contributed by atoms with Crippen molar-refractivity contribution in [1.29, 1.82) is 5.26 Å². The Morgan fingerprint density at radius 2 is 1.71 bits per heavy atom. The van der Waals surface area contributed by atoms with Crippen molar-refractivity contribution in [2.75, 3.05) is 0 Å². The number of aliphatic imine (C=N–C) groups is 1. The molecule has 0 spiro atoms. The number of nitriles is 1. The van der Waals surface area contributed by atoms with E-state index in [-0.39, 0.29) is 0 Å². The van der Waals surface area contributed by atoms with Crippen molar-refractivity contribution in [3.8, 4) is 11.9 Å². The van der Waals surface area contributed by atoms with Crippen molar-refractivity contribution in [1.82, 2.24) is 5.32 Å². The Bertz CT molecular complexity index is 688. The summed E-state index contributed by atoms with van der Waals surface area (Å²) in [6, 6.07) is 8.71. The highest BCUT2D eigenvalue weighted by Crippen LogP contribution is 2.23. The molecule has 0 fully saturated rings. The van der Waals surface area contributed by atoms with Crippen LogP contribution in [0.15, 0.2) is 47.5 Å². The number of amidine groups is 1. The van der Waals surface area contributed by atoms with Crippen LogP contribution in [-0.2, 0) is 0 Å². The zero-order valence-corrected chi connectivity index (χ0v) is 10.5. The molecule has 0 saturated heterocycles. The molecule has 2 aromatic rings. The number of hydrogen-bond acceptors (Lipinski definition) is 3. The highest BCUT2D eigenvalue weighted by molar-refractivity contribution is 5.80. The lowest BCUT2D eigenvalue weighted by Gasteiger charge is -2.07. The van der Waals surface area contributed by atoms with Crippen LogP contribution in [0.1, 0.15) is 0 Å². The zero-order chi connectivity index (χ0) is 15.2. The van der Waals surface area contributed by atoms with E-state index in [2.05, 4.69) is 10.3 Å². The molecule has 0 aliphatic heterocycles. The van der Waals surface area contributed by atoms with Gasteiger partial charge in [-0.1, -0.05) is 18.2 Å². The van der Waals surface area contributed by atoms with E-state index in [1.807, 2.05) is 0 Å². The van der Waals surface area contributed by atoms with Crippen LogP contribution in [0, 0.1) is 28.9 Å². The fourth-order valence-electron chi connectivity index (χ4n) is 1.47. The average molecular weight is 291 g/mol. The monoisotopic (exact) mass is 291 g/mol. The predicted molar refractivity (Wildman–Crippen MR) is 69.2 cm³/mol. The molecule has 4 nitrogen and oxygen atoms in total. The molecule has 0 aromatic heterocycles. The van der Waals surface area contributed by atoms with Crippen LogP contribution < -0.4 is 10.1 Å². The van der Waals surface area contributed by atoms with Crippen LogP contribution in [0.2, 0.25) is 0 Å². The summed E-state index contributed by atoms with van der Waals surface area (Å²) in [5.74, 6) is -3.17. The second kappa shape index (κ2) is 6.43. The van der Waals surface area contributed by atoms with Crippen LogP contribution in [-0.4, -0.2) is 6.02 Å². The van der Waals surface area contributed by atoms with Crippen molar-refractivity contribution in [3.63, 3.8) is 0 Å². The molecule has 7 heteroatoms. The van der Waals surface area contributed by atoms with Gasteiger partial charge in [0.05, 0.1) is 0 Å². The fourth-order valence-corrected chi connectivity index (χ4v) is 1.47. The number of nitrogens with one attached hydrogen (secondary N) is 1. The molecule has 0 aliphatic rings. The maximum absolute atomic E-state index is 13.5. The first-order valence-electron chi connectivity index (χ1n) is 5.71. The van der Waals surface area contributed by atoms with Crippen molar-refractivity contribution >= 4 is 11.7 Å². The van der Waals surface area contributed by atoms with E-state index in [0.717, 1.165) is 0 Å². The van der Waals surface area contributed by atoms with Crippen LogP contribution >= 0.6 is 0 Å². The van der Waals surface area contributed by atoms with Gasteiger partial charge in [0.25, 0.3) is 0 Å². The molecule has 0 heterocycles. The number of hydrogen-bond donors (Lipinski definition) is 1. The first kappa shape index (κ1) is 14.4. The van der Waals surface area contributed by atoms with Crippen molar-refractivity contribution < 1.29 is 17.9 Å². The third-order valence-corrected chi connectivity index (χ3v) is 2.32. The first-order chi connectivity index (χ1) is 10.1. The molecule has 0 atom stereocenters. The molecule has 2 aromatic carbocycles.